The van der Waals surface area contributed by atoms with Gasteiger partial charge in [0.2, 0.25) is 0 Å². The molecule has 9 aromatic rings. The van der Waals surface area contributed by atoms with E-state index in [9.17, 15) is 0 Å². The normalized spacial score (nSPS) is 11.3. The van der Waals surface area contributed by atoms with Crippen molar-refractivity contribution < 1.29 is 0 Å². The van der Waals surface area contributed by atoms with Gasteiger partial charge in [0.15, 0.2) is 5.82 Å². The van der Waals surface area contributed by atoms with Gasteiger partial charge in [-0.25, -0.2) is 15.0 Å². The molecule has 0 saturated carbocycles. The molecule has 3 aromatic heterocycles. The van der Waals surface area contributed by atoms with E-state index in [4.69, 9.17) is 15.0 Å². The number of para-hydroxylation sites is 1. The molecule has 49 heavy (non-hydrogen) atoms. The Bertz CT molecular complexity index is 2520. The SMILES string of the molecule is c1ccc(-c2cc(-c3ccc4c(c3)c3ccccc3n4-c3ccccn3)cc(-c3nc(-c4ccccc4)cc(-c4ccccc4)n3)c2)cc1. The van der Waals surface area contributed by atoms with Crippen LogP contribution in [0.3, 0.4) is 0 Å². The van der Waals surface area contributed by atoms with Gasteiger partial charge >= 0.3 is 0 Å². The second-order valence-electron chi connectivity index (χ2n) is 12.1. The lowest BCUT2D eigenvalue weighted by Gasteiger charge is -2.13. The highest BCUT2D eigenvalue weighted by Crippen LogP contribution is 2.38. The maximum atomic E-state index is 5.18. The molecule has 0 N–H and O–H groups in total. The van der Waals surface area contributed by atoms with Gasteiger partial charge < -0.3 is 0 Å². The summed E-state index contributed by atoms with van der Waals surface area (Å²) < 4.78 is 2.24. The number of rotatable bonds is 6. The fourth-order valence-electron chi connectivity index (χ4n) is 6.70. The van der Waals surface area contributed by atoms with Crippen LogP contribution in [0.15, 0.2) is 182 Å². The molecule has 0 saturated heterocycles. The Hall–Kier alpha value is -6.65. The van der Waals surface area contributed by atoms with Gasteiger partial charge in [-0.3, -0.25) is 4.57 Å². The molecule has 0 bridgehead atoms. The molecule has 6 aromatic carbocycles. The van der Waals surface area contributed by atoms with Crippen LogP contribution in [0, 0.1) is 0 Å². The van der Waals surface area contributed by atoms with Crippen LogP contribution in [0.4, 0.5) is 0 Å². The van der Waals surface area contributed by atoms with Gasteiger partial charge in [0, 0.05) is 33.7 Å². The van der Waals surface area contributed by atoms with Crippen LogP contribution in [0.5, 0.6) is 0 Å². The zero-order chi connectivity index (χ0) is 32.6. The van der Waals surface area contributed by atoms with Gasteiger partial charge in [0.25, 0.3) is 0 Å². The number of benzene rings is 6. The fourth-order valence-corrected chi connectivity index (χ4v) is 6.70. The van der Waals surface area contributed by atoms with Crippen LogP contribution in [0.2, 0.25) is 0 Å². The first kappa shape index (κ1) is 28.6. The molecule has 0 spiro atoms. The van der Waals surface area contributed by atoms with Crippen molar-refractivity contribution in [1.29, 1.82) is 0 Å². The van der Waals surface area contributed by atoms with E-state index in [0.717, 1.165) is 67.2 Å². The van der Waals surface area contributed by atoms with E-state index >= 15 is 0 Å². The van der Waals surface area contributed by atoms with Gasteiger partial charge in [-0.2, -0.15) is 0 Å². The second-order valence-corrected chi connectivity index (χ2v) is 12.1. The Balaban J connectivity index is 1.26. The van der Waals surface area contributed by atoms with E-state index in [0.29, 0.717) is 5.82 Å². The van der Waals surface area contributed by atoms with Gasteiger partial charge in [-0.05, 0) is 76.9 Å². The smallest absolute Gasteiger partial charge is 0.160 e. The molecular formula is C45H30N4. The van der Waals surface area contributed by atoms with Crippen LogP contribution < -0.4 is 0 Å². The van der Waals surface area contributed by atoms with Crippen LogP contribution in [-0.4, -0.2) is 19.5 Å². The summed E-state index contributed by atoms with van der Waals surface area (Å²) in [7, 11) is 0. The average molecular weight is 627 g/mol. The zero-order valence-corrected chi connectivity index (χ0v) is 26.6. The number of nitrogens with zero attached hydrogens (tertiary/aromatic N) is 4. The molecule has 0 unspecified atom stereocenters. The molecule has 4 nitrogen and oxygen atoms in total. The first-order valence-electron chi connectivity index (χ1n) is 16.4. The van der Waals surface area contributed by atoms with Crippen molar-refractivity contribution in [2.24, 2.45) is 0 Å². The summed E-state index contributed by atoms with van der Waals surface area (Å²) in [6, 6.07) is 61.3. The highest BCUT2D eigenvalue weighted by atomic mass is 15.1. The number of fused-ring (bicyclic) bond motifs is 3. The summed E-state index contributed by atoms with van der Waals surface area (Å²) in [6.45, 7) is 0. The van der Waals surface area contributed by atoms with Gasteiger partial charge in [-0.1, -0.05) is 121 Å². The number of hydrogen-bond acceptors (Lipinski definition) is 3. The molecule has 3 heterocycles. The highest BCUT2D eigenvalue weighted by molar-refractivity contribution is 6.10. The maximum Gasteiger partial charge on any atom is 0.160 e. The summed E-state index contributed by atoms with van der Waals surface area (Å²) in [5.74, 6) is 1.59. The molecule has 0 fully saturated rings. The summed E-state index contributed by atoms with van der Waals surface area (Å²) in [6.07, 6.45) is 1.85. The lowest BCUT2D eigenvalue weighted by atomic mass is 9.95. The van der Waals surface area contributed by atoms with E-state index < -0.39 is 0 Å². The minimum Gasteiger partial charge on any atom is -0.294 e. The van der Waals surface area contributed by atoms with Crippen molar-refractivity contribution >= 4 is 21.8 Å². The van der Waals surface area contributed by atoms with Crippen LogP contribution in [0.1, 0.15) is 0 Å². The number of aromatic nitrogens is 4. The average Bonchev–Trinajstić information content (AvgIpc) is 3.52. The largest absolute Gasteiger partial charge is 0.294 e. The third-order valence-electron chi connectivity index (χ3n) is 9.05. The van der Waals surface area contributed by atoms with E-state index in [1.54, 1.807) is 0 Å². The van der Waals surface area contributed by atoms with Crippen molar-refractivity contribution in [2.75, 3.05) is 0 Å². The van der Waals surface area contributed by atoms with Crippen LogP contribution >= 0.6 is 0 Å². The van der Waals surface area contributed by atoms with Crippen molar-refractivity contribution in [3.63, 3.8) is 0 Å². The van der Waals surface area contributed by atoms with Crippen molar-refractivity contribution in [3.05, 3.63) is 182 Å². The number of hydrogen-bond donors (Lipinski definition) is 0. The minimum absolute atomic E-state index is 0.687. The van der Waals surface area contributed by atoms with E-state index in [1.165, 1.54) is 10.8 Å². The molecule has 0 aliphatic heterocycles. The molecule has 0 amide bonds. The number of pyridine rings is 1. The van der Waals surface area contributed by atoms with Gasteiger partial charge in [0.05, 0.1) is 22.4 Å². The summed E-state index contributed by atoms with van der Waals surface area (Å²) >= 11 is 0. The standard InChI is InChI=1S/C45H30N4/c1-4-14-31(15-5-1)35-26-36(34-23-24-43-39(29-34)38-20-10-11-21-42(38)49(43)44-22-12-13-25-46-44)28-37(27-35)45-47-40(32-16-6-2-7-17-32)30-41(48-45)33-18-8-3-9-19-33/h1-30H. The Morgan fingerprint density at radius 2 is 0.898 bits per heavy atom. The Kier molecular flexibility index (Phi) is 7.10. The third-order valence-corrected chi connectivity index (χ3v) is 9.05. The maximum absolute atomic E-state index is 5.18. The topological polar surface area (TPSA) is 43.6 Å². The van der Waals surface area contributed by atoms with Crippen LogP contribution in [-0.2, 0) is 0 Å². The lowest BCUT2D eigenvalue weighted by molar-refractivity contribution is 1.08. The predicted octanol–water partition coefficient (Wildman–Crippen LogP) is 11.3. The molecule has 0 aliphatic rings. The van der Waals surface area contributed by atoms with Crippen LogP contribution in [0.25, 0.3) is 83.8 Å². The quantitative estimate of drug-likeness (QED) is 0.184. The second kappa shape index (κ2) is 12.2. The third kappa shape index (κ3) is 5.35. The first-order valence-corrected chi connectivity index (χ1v) is 16.4. The molecule has 9 rings (SSSR count). The monoisotopic (exact) mass is 626 g/mol. The predicted molar refractivity (Wildman–Crippen MR) is 201 cm³/mol. The Labute approximate surface area is 284 Å². The molecular weight excluding hydrogens is 597 g/mol. The van der Waals surface area contributed by atoms with Gasteiger partial charge in [0.1, 0.15) is 5.82 Å². The molecule has 0 radical (unpaired) electrons. The first-order chi connectivity index (χ1) is 24.3. The highest BCUT2D eigenvalue weighted by Gasteiger charge is 2.16. The summed E-state index contributed by atoms with van der Waals surface area (Å²) in [5, 5.41) is 2.37. The Morgan fingerprint density at radius 3 is 1.55 bits per heavy atom. The minimum atomic E-state index is 0.687. The van der Waals surface area contributed by atoms with E-state index in [2.05, 4.69) is 156 Å². The van der Waals surface area contributed by atoms with Gasteiger partial charge in [-0.15, -0.1) is 0 Å². The molecule has 0 aliphatic carbocycles. The Morgan fingerprint density at radius 1 is 0.347 bits per heavy atom. The zero-order valence-electron chi connectivity index (χ0n) is 26.6. The van der Waals surface area contributed by atoms with Crippen molar-refractivity contribution in [1.82, 2.24) is 19.5 Å². The lowest BCUT2D eigenvalue weighted by Crippen LogP contribution is -1.97. The molecule has 230 valence electrons. The fraction of sp³-hybridized carbons (Fsp3) is 0. The summed E-state index contributed by atoms with van der Waals surface area (Å²) in [4.78, 5) is 15.1. The van der Waals surface area contributed by atoms with E-state index in [-0.39, 0.29) is 0 Å². The van der Waals surface area contributed by atoms with Crippen molar-refractivity contribution in [3.8, 4) is 62.0 Å². The molecule has 0 atom stereocenters. The van der Waals surface area contributed by atoms with E-state index in [1.807, 2.05) is 30.5 Å². The van der Waals surface area contributed by atoms with Crippen molar-refractivity contribution in [2.45, 2.75) is 0 Å². The summed E-state index contributed by atoms with van der Waals surface area (Å²) in [5.41, 5.74) is 11.6. The molecule has 4 heteroatoms.